The van der Waals surface area contributed by atoms with E-state index in [2.05, 4.69) is 10.0 Å². The van der Waals surface area contributed by atoms with Gasteiger partial charge in [-0.25, -0.2) is 4.79 Å². The second kappa shape index (κ2) is 6.34. The van der Waals surface area contributed by atoms with Gasteiger partial charge in [0, 0.05) is 31.7 Å². The lowest BCUT2D eigenvalue weighted by Gasteiger charge is -2.13. The quantitative estimate of drug-likeness (QED) is 0.597. The van der Waals surface area contributed by atoms with Crippen LogP contribution in [0.1, 0.15) is 0 Å². The van der Waals surface area contributed by atoms with Crippen LogP contribution in [0, 0.1) is 0 Å². The molecule has 1 rings (SSSR count). The van der Waals surface area contributed by atoms with E-state index >= 15 is 0 Å². The zero-order chi connectivity index (χ0) is 12.0. The SMILES string of the molecule is CN(C)C(=S)SNC(=O)Nc1ccccc1. The Kier molecular flexibility index (Phi) is 5.07. The second-order valence-electron chi connectivity index (χ2n) is 3.18. The van der Waals surface area contributed by atoms with E-state index in [1.165, 1.54) is 0 Å². The molecule has 1 aromatic rings. The van der Waals surface area contributed by atoms with Crippen LogP contribution >= 0.6 is 24.2 Å². The first-order chi connectivity index (χ1) is 7.59. The fourth-order valence-corrected chi connectivity index (χ4v) is 1.40. The molecule has 0 radical (unpaired) electrons. The molecular formula is C10H13N3OS2. The van der Waals surface area contributed by atoms with E-state index in [1.807, 2.05) is 44.4 Å². The maximum atomic E-state index is 11.4. The van der Waals surface area contributed by atoms with Gasteiger partial charge in [-0.15, -0.1) is 0 Å². The molecular weight excluding hydrogens is 242 g/mol. The number of hydrogen-bond acceptors (Lipinski definition) is 3. The monoisotopic (exact) mass is 255 g/mol. The van der Waals surface area contributed by atoms with Crippen LogP contribution in [0.4, 0.5) is 10.5 Å². The summed E-state index contributed by atoms with van der Waals surface area (Å²) in [6, 6.07) is 8.93. The van der Waals surface area contributed by atoms with Crippen LogP contribution in [0.15, 0.2) is 30.3 Å². The summed E-state index contributed by atoms with van der Waals surface area (Å²) in [5, 5.41) is 2.69. The Morgan fingerprint density at radius 1 is 1.31 bits per heavy atom. The highest BCUT2D eigenvalue weighted by molar-refractivity contribution is 8.21. The van der Waals surface area contributed by atoms with Gasteiger partial charge in [0.05, 0.1) is 0 Å². The average Bonchev–Trinajstić information content (AvgIpc) is 2.27. The summed E-state index contributed by atoms with van der Waals surface area (Å²) in [6.07, 6.45) is 0. The van der Waals surface area contributed by atoms with Crippen LogP contribution in [0.5, 0.6) is 0 Å². The van der Waals surface area contributed by atoms with Crippen LogP contribution in [0.25, 0.3) is 0 Å². The predicted octanol–water partition coefficient (Wildman–Crippen LogP) is 2.30. The Morgan fingerprint density at radius 2 is 1.94 bits per heavy atom. The molecule has 0 aliphatic rings. The molecule has 16 heavy (non-hydrogen) atoms. The van der Waals surface area contributed by atoms with Crippen molar-refractivity contribution in [2.75, 3.05) is 19.4 Å². The molecule has 0 fully saturated rings. The highest BCUT2D eigenvalue weighted by Crippen LogP contribution is 2.06. The highest BCUT2D eigenvalue weighted by atomic mass is 32.2. The lowest BCUT2D eigenvalue weighted by atomic mass is 10.3. The summed E-state index contributed by atoms with van der Waals surface area (Å²) in [6.45, 7) is 0. The van der Waals surface area contributed by atoms with Crippen LogP contribution in [0.3, 0.4) is 0 Å². The van der Waals surface area contributed by atoms with Crippen molar-refractivity contribution in [3.8, 4) is 0 Å². The Labute approximate surface area is 105 Å². The minimum Gasteiger partial charge on any atom is -0.362 e. The van der Waals surface area contributed by atoms with Crippen molar-refractivity contribution in [1.29, 1.82) is 0 Å². The van der Waals surface area contributed by atoms with E-state index in [9.17, 15) is 4.79 Å². The van der Waals surface area contributed by atoms with Crippen molar-refractivity contribution in [2.24, 2.45) is 0 Å². The maximum absolute atomic E-state index is 11.4. The minimum absolute atomic E-state index is 0.291. The van der Waals surface area contributed by atoms with Crippen molar-refractivity contribution in [1.82, 2.24) is 9.62 Å². The first-order valence-electron chi connectivity index (χ1n) is 4.60. The van der Waals surface area contributed by atoms with Gasteiger partial charge in [-0.2, -0.15) is 0 Å². The maximum Gasteiger partial charge on any atom is 0.329 e. The van der Waals surface area contributed by atoms with Crippen LogP contribution in [0.2, 0.25) is 0 Å². The van der Waals surface area contributed by atoms with Gasteiger partial charge in [-0.3, -0.25) is 4.72 Å². The first kappa shape index (κ1) is 12.8. The Hall–Kier alpha value is -1.27. The van der Waals surface area contributed by atoms with Gasteiger partial charge in [0.15, 0.2) is 4.32 Å². The van der Waals surface area contributed by atoms with Crippen molar-refractivity contribution in [2.45, 2.75) is 0 Å². The highest BCUT2D eigenvalue weighted by Gasteiger charge is 2.04. The Morgan fingerprint density at radius 3 is 2.50 bits per heavy atom. The zero-order valence-corrected chi connectivity index (χ0v) is 10.7. The molecule has 0 aliphatic carbocycles. The van der Waals surface area contributed by atoms with Gasteiger partial charge in [-0.1, -0.05) is 30.4 Å². The van der Waals surface area contributed by atoms with Gasteiger partial charge in [0.2, 0.25) is 0 Å². The molecule has 2 N–H and O–H groups in total. The average molecular weight is 255 g/mol. The van der Waals surface area contributed by atoms with E-state index in [0.717, 1.165) is 17.6 Å². The molecule has 2 amide bonds. The summed E-state index contributed by atoms with van der Waals surface area (Å²) in [7, 11) is 3.65. The molecule has 0 saturated heterocycles. The molecule has 6 heteroatoms. The van der Waals surface area contributed by atoms with Crippen LogP contribution < -0.4 is 10.0 Å². The Bertz CT molecular complexity index is 368. The molecule has 0 unspecified atom stereocenters. The number of rotatable bonds is 1. The number of urea groups is 1. The molecule has 0 aliphatic heterocycles. The standard InChI is InChI=1S/C10H13N3OS2/c1-13(2)10(15)16-12-9(14)11-8-6-4-3-5-7-8/h3-7H,1-2H3,(H2,11,12,14). The molecule has 1 aromatic carbocycles. The fourth-order valence-electron chi connectivity index (χ4n) is 0.859. The van der Waals surface area contributed by atoms with Crippen molar-refractivity contribution in [3.05, 3.63) is 30.3 Å². The van der Waals surface area contributed by atoms with Crippen molar-refractivity contribution < 1.29 is 4.79 Å². The molecule has 0 aromatic heterocycles. The van der Waals surface area contributed by atoms with Gasteiger partial charge in [-0.05, 0) is 12.1 Å². The largest absolute Gasteiger partial charge is 0.362 e. The summed E-state index contributed by atoms with van der Waals surface area (Å²) >= 11 is 6.11. The van der Waals surface area contributed by atoms with Crippen LogP contribution in [-0.4, -0.2) is 29.3 Å². The van der Waals surface area contributed by atoms with E-state index in [4.69, 9.17) is 12.2 Å². The topological polar surface area (TPSA) is 44.4 Å². The number of nitrogens with one attached hydrogen (secondary N) is 2. The lowest BCUT2D eigenvalue weighted by molar-refractivity contribution is 0.257. The van der Waals surface area contributed by atoms with E-state index in [-0.39, 0.29) is 6.03 Å². The number of para-hydroxylation sites is 1. The normalized spacial score (nSPS) is 9.38. The third-order valence-electron chi connectivity index (χ3n) is 1.63. The summed E-state index contributed by atoms with van der Waals surface area (Å²) in [4.78, 5) is 13.2. The van der Waals surface area contributed by atoms with E-state index in [0.29, 0.717) is 4.32 Å². The van der Waals surface area contributed by atoms with E-state index < -0.39 is 0 Å². The number of hydrogen-bond donors (Lipinski definition) is 2. The molecule has 0 atom stereocenters. The number of benzene rings is 1. The van der Waals surface area contributed by atoms with Crippen molar-refractivity contribution >= 4 is 40.2 Å². The molecule has 86 valence electrons. The fraction of sp³-hybridized carbons (Fsp3) is 0.200. The summed E-state index contributed by atoms with van der Waals surface area (Å²) in [5.74, 6) is 0. The second-order valence-corrected chi connectivity index (χ2v) is 4.62. The lowest BCUT2D eigenvalue weighted by Crippen LogP contribution is -2.27. The summed E-state index contributed by atoms with van der Waals surface area (Å²) < 4.78 is 3.20. The number of thiocarbonyl (C=S) groups is 1. The van der Waals surface area contributed by atoms with Gasteiger partial charge >= 0.3 is 6.03 Å². The first-order valence-corrected chi connectivity index (χ1v) is 5.82. The number of carbonyl (C=O) groups excluding carboxylic acids is 1. The zero-order valence-electron chi connectivity index (χ0n) is 9.06. The Balaban J connectivity index is 2.35. The number of amides is 2. The third kappa shape index (κ3) is 4.50. The summed E-state index contributed by atoms with van der Waals surface area (Å²) in [5.41, 5.74) is 0.747. The van der Waals surface area contributed by atoms with E-state index in [1.54, 1.807) is 4.90 Å². The third-order valence-corrected chi connectivity index (χ3v) is 3.07. The molecule has 0 heterocycles. The van der Waals surface area contributed by atoms with Gasteiger partial charge in [0.25, 0.3) is 0 Å². The molecule has 0 saturated carbocycles. The minimum atomic E-state index is -0.291. The molecule has 4 nitrogen and oxygen atoms in total. The molecule has 0 bridgehead atoms. The van der Waals surface area contributed by atoms with Gasteiger partial charge in [0.1, 0.15) is 0 Å². The number of nitrogens with zero attached hydrogens (tertiary/aromatic N) is 1. The van der Waals surface area contributed by atoms with Gasteiger partial charge < -0.3 is 10.2 Å². The van der Waals surface area contributed by atoms with Crippen molar-refractivity contribution in [3.63, 3.8) is 0 Å². The number of carbonyl (C=O) groups is 1. The predicted molar refractivity (Wildman–Crippen MR) is 72.5 cm³/mol. The smallest absolute Gasteiger partial charge is 0.329 e. The molecule has 0 spiro atoms. The van der Waals surface area contributed by atoms with Crippen LogP contribution in [-0.2, 0) is 0 Å². The number of anilines is 1.